The molecule has 0 aromatic heterocycles. The van der Waals surface area contributed by atoms with Gasteiger partial charge in [-0.05, 0) is 36.8 Å². The van der Waals surface area contributed by atoms with Crippen LogP contribution in [0.15, 0.2) is 52.4 Å². The second-order valence-electron chi connectivity index (χ2n) is 5.37. The number of benzene rings is 2. The molecule has 0 aliphatic carbocycles. The van der Waals surface area contributed by atoms with Crippen LogP contribution in [-0.4, -0.2) is 21.0 Å². The molecule has 1 N–H and O–H groups in total. The number of rotatable bonds is 2. The van der Waals surface area contributed by atoms with Crippen molar-refractivity contribution in [3.8, 4) is 11.5 Å². The van der Waals surface area contributed by atoms with Crippen LogP contribution in [0.5, 0.6) is 11.5 Å². The smallest absolute Gasteiger partial charge is 0.263 e. The molecule has 23 heavy (non-hydrogen) atoms. The normalized spacial score (nSPS) is 20.1. The molecule has 0 bridgehead atoms. The van der Waals surface area contributed by atoms with Crippen molar-refractivity contribution in [2.45, 2.75) is 17.9 Å². The summed E-state index contributed by atoms with van der Waals surface area (Å²) in [6.45, 7) is 2.12. The lowest BCUT2D eigenvalue weighted by atomic mass is 10.1. The Morgan fingerprint density at radius 1 is 1.13 bits per heavy atom. The van der Waals surface area contributed by atoms with E-state index in [-0.39, 0.29) is 17.7 Å². The van der Waals surface area contributed by atoms with Crippen molar-refractivity contribution in [3.63, 3.8) is 0 Å². The summed E-state index contributed by atoms with van der Waals surface area (Å²) in [6.07, 6.45) is 0. The molecule has 1 atom stereocenters. The molecule has 0 amide bonds. The Balaban J connectivity index is 1.71. The molecule has 0 unspecified atom stereocenters. The number of aliphatic imine (C=N–C) groups is 1. The molecule has 0 saturated carbocycles. The maximum atomic E-state index is 12.1. The lowest BCUT2D eigenvalue weighted by Crippen LogP contribution is -2.22. The van der Waals surface area contributed by atoms with Crippen molar-refractivity contribution in [1.29, 1.82) is 0 Å². The fourth-order valence-corrected chi connectivity index (χ4v) is 3.91. The number of hydrogen-bond acceptors (Lipinski definition) is 5. The fraction of sp³-hybridized carbons (Fsp3) is 0.188. The van der Waals surface area contributed by atoms with Gasteiger partial charge in [-0.15, -0.1) is 0 Å². The number of nitrogens with zero attached hydrogens (tertiary/aromatic N) is 1. The highest BCUT2D eigenvalue weighted by molar-refractivity contribution is 7.90. The highest BCUT2D eigenvalue weighted by Crippen LogP contribution is 2.35. The van der Waals surface area contributed by atoms with E-state index in [1.807, 2.05) is 25.1 Å². The molecule has 2 aliphatic rings. The number of nitrogens with one attached hydrogen (secondary N) is 1. The zero-order valence-corrected chi connectivity index (χ0v) is 13.1. The topological polar surface area (TPSA) is 77.0 Å². The van der Waals surface area contributed by atoms with Crippen LogP contribution >= 0.6 is 0 Å². The van der Waals surface area contributed by atoms with E-state index in [0.29, 0.717) is 22.9 Å². The molecule has 0 radical (unpaired) electrons. The number of fused-ring (bicyclic) bond motifs is 2. The van der Waals surface area contributed by atoms with Gasteiger partial charge in [0, 0.05) is 5.56 Å². The molecule has 0 spiro atoms. The minimum Gasteiger partial charge on any atom is -0.454 e. The van der Waals surface area contributed by atoms with Gasteiger partial charge in [-0.1, -0.05) is 18.2 Å². The van der Waals surface area contributed by atoms with E-state index in [1.54, 1.807) is 24.3 Å². The minimum atomic E-state index is -3.52. The molecule has 7 heteroatoms. The van der Waals surface area contributed by atoms with Crippen LogP contribution in [-0.2, 0) is 10.0 Å². The van der Waals surface area contributed by atoms with Crippen LogP contribution in [0.3, 0.4) is 0 Å². The molecule has 2 aromatic carbocycles. The van der Waals surface area contributed by atoms with Crippen molar-refractivity contribution < 1.29 is 17.9 Å². The molecule has 2 aliphatic heterocycles. The van der Waals surface area contributed by atoms with Crippen LogP contribution in [0.25, 0.3) is 0 Å². The second-order valence-corrected chi connectivity index (χ2v) is 7.02. The van der Waals surface area contributed by atoms with Gasteiger partial charge in [-0.3, -0.25) is 9.71 Å². The molecule has 4 rings (SSSR count). The Hall–Kier alpha value is -2.54. The van der Waals surface area contributed by atoms with Gasteiger partial charge in [0.2, 0.25) is 6.79 Å². The summed E-state index contributed by atoms with van der Waals surface area (Å²) in [7, 11) is -3.52. The minimum absolute atomic E-state index is 0.217. The largest absolute Gasteiger partial charge is 0.454 e. The van der Waals surface area contributed by atoms with Crippen LogP contribution in [0.4, 0.5) is 0 Å². The van der Waals surface area contributed by atoms with Gasteiger partial charge >= 0.3 is 0 Å². The molecule has 118 valence electrons. The summed E-state index contributed by atoms with van der Waals surface area (Å²) in [5, 5.41) is 0. The number of hydrogen-bond donors (Lipinski definition) is 1. The first-order valence-electron chi connectivity index (χ1n) is 7.14. The van der Waals surface area contributed by atoms with E-state index >= 15 is 0 Å². The summed E-state index contributed by atoms with van der Waals surface area (Å²) < 4.78 is 37.4. The lowest BCUT2D eigenvalue weighted by Gasteiger charge is -2.09. The maximum absolute atomic E-state index is 12.1. The number of amidine groups is 1. The van der Waals surface area contributed by atoms with E-state index in [0.717, 1.165) is 5.56 Å². The van der Waals surface area contributed by atoms with Gasteiger partial charge in [-0.2, -0.15) is 0 Å². The van der Waals surface area contributed by atoms with Gasteiger partial charge in [0.05, 0.1) is 10.9 Å². The Morgan fingerprint density at radius 2 is 1.91 bits per heavy atom. The van der Waals surface area contributed by atoms with Crippen molar-refractivity contribution >= 4 is 15.9 Å². The first kappa shape index (κ1) is 14.1. The molecular weight excluding hydrogens is 316 g/mol. The summed E-state index contributed by atoms with van der Waals surface area (Å²) >= 11 is 0. The van der Waals surface area contributed by atoms with E-state index < -0.39 is 10.0 Å². The molecule has 0 fully saturated rings. The summed E-state index contributed by atoms with van der Waals surface area (Å²) in [6, 6.07) is 12.2. The number of sulfonamides is 1. The van der Waals surface area contributed by atoms with E-state index in [1.165, 1.54) is 0 Å². The van der Waals surface area contributed by atoms with Gasteiger partial charge in [0.25, 0.3) is 10.0 Å². The van der Waals surface area contributed by atoms with Crippen molar-refractivity contribution in [1.82, 2.24) is 4.72 Å². The standard InChI is InChI=1S/C16H14N2O4S/c1-10(11-6-7-13-14(8-11)22-9-21-13)17-16-12-4-2-3-5-15(12)23(19,20)18-16/h2-8,10H,9H2,1H3,(H,17,18)/t10-/m0/s1. The van der Waals surface area contributed by atoms with E-state index in [4.69, 9.17) is 9.47 Å². The second kappa shape index (κ2) is 4.99. The third-order valence-corrected chi connectivity index (χ3v) is 5.26. The van der Waals surface area contributed by atoms with Crippen molar-refractivity contribution in [2.24, 2.45) is 4.99 Å². The zero-order chi connectivity index (χ0) is 16.0. The van der Waals surface area contributed by atoms with E-state index in [2.05, 4.69) is 9.71 Å². The highest BCUT2D eigenvalue weighted by atomic mass is 32.2. The first-order chi connectivity index (χ1) is 11.0. The van der Waals surface area contributed by atoms with E-state index in [9.17, 15) is 8.42 Å². The predicted molar refractivity (Wildman–Crippen MR) is 84.3 cm³/mol. The maximum Gasteiger partial charge on any atom is 0.263 e. The van der Waals surface area contributed by atoms with Crippen molar-refractivity contribution in [2.75, 3.05) is 6.79 Å². The average molecular weight is 330 g/mol. The highest BCUT2D eigenvalue weighted by Gasteiger charge is 2.30. The van der Waals surface area contributed by atoms with Gasteiger partial charge in [0.1, 0.15) is 5.84 Å². The quantitative estimate of drug-likeness (QED) is 0.916. The Bertz CT molecular complexity index is 921. The molecule has 2 heterocycles. The molecule has 6 nitrogen and oxygen atoms in total. The van der Waals surface area contributed by atoms with Gasteiger partial charge < -0.3 is 9.47 Å². The molecule has 0 saturated heterocycles. The fourth-order valence-electron chi connectivity index (χ4n) is 2.67. The van der Waals surface area contributed by atoms with Crippen molar-refractivity contribution in [3.05, 3.63) is 53.6 Å². The summed E-state index contributed by atoms with van der Waals surface area (Å²) in [5.74, 6) is 1.76. The third kappa shape index (κ3) is 2.33. The Labute approximate surface area is 133 Å². The zero-order valence-electron chi connectivity index (χ0n) is 12.3. The molecular formula is C16H14N2O4S. The SMILES string of the molecule is C[C@H](N=C1NS(=O)(=O)c2ccccc21)c1ccc2c(c1)OCO2. The average Bonchev–Trinajstić information content (AvgIpc) is 3.10. The third-order valence-electron chi connectivity index (χ3n) is 3.86. The van der Waals surface area contributed by atoms with Crippen LogP contribution in [0.2, 0.25) is 0 Å². The predicted octanol–water partition coefficient (Wildman–Crippen LogP) is 2.21. The van der Waals surface area contributed by atoms with Crippen LogP contribution in [0, 0.1) is 0 Å². The summed E-state index contributed by atoms with van der Waals surface area (Å²) in [5.41, 5.74) is 1.52. The van der Waals surface area contributed by atoms with Gasteiger partial charge in [-0.25, -0.2) is 8.42 Å². The summed E-state index contributed by atoms with van der Waals surface area (Å²) in [4.78, 5) is 4.80. The van der Waals surface area contributed by atoms with Gasteiger partial charge in [0.15, 0.2) is 11.5 Å². The Kier molecular flexibility index (Phi) is 3.05. The monoisotopic (exact) mass is 330 g/mol. The first-order valence-corrected chi connectivity index (χ1v) is 8.62. The van der Waals surface area contributed by atoms with Crippen LogP contribution < -0.4 is 14.2 Å². The Morgan fingerprint density at radius 3 is 2.78 bits per heavy atom. The molecule has 2 aromatic rings. The number of ether oxygens (including phenoxy) is 2. The van der Waals surface area contributed by atoms with Crippen LogP contribution in [0.1, 0.15) is 24.1 Å². The lowest BCUT2D eigenvalue weighted by molar-refractivity contribution is 0.174.